The third-order valence-electron chi connectivity index (χ3n) is 8.09. The van der Waals surface area contributed by atoms with Gasteiger partial charge in [-0.2, -0.15) is 4.31 Å². The van der Waals surface area contributed by atoms with Crippen molar-refractivity contribution in [1.82, 2.24) is 14.9 Å². The van der Waals surface area contributed by atoms with Crippen molar-refractivity contribution >= 4 is 22.0 Å². The number of methoxy groups -OCH3 is 1. The van der Waals surface area contributed by atoms with E-state index < -0.39 is 34.1 Å². The maximum absolute atomic E-state index is 13.8. The number of aliphatic hydroxyl groups excluding tert-OH is 1. The van der Waals surface area contributed by atoms with Gasteiger partial charge in [-0.05, 0) is 53.6 Å². The maximum Gasteiger partial charge on any atom is 0.407 e. The van der Waals surface area contributed by atoms with E-state index in [4.69, 9.17) is 9.47 Å². The lowest BCUT2D eigenvalue weighted by Crippen LogP contribution is -2.50. The minimum Gasteiger partial charge on any atom is -0.493 e. The molecule has 3 aromatic carbocycles. The van der Waals surface area contributed by atoms with Gasteiger partial charge < -0.3 is 25.2 Å². The van der Waals surface area contributed by atoms with E-state index in [2.05, 4.69) is 10.6 Å². The topological polar surface area (TPSA) is 134 Å². The molecule has 248 valence electrons. The molecule has 2 atom stereocenters. The highest BCUT2D eigenvalue weighted by Gasteiger charge is 2.34. The monoisotopic (exact) mass is 651 g/mol. The van der Waals surface area contributed by atoms with Crippen LogP contribution in [-0.4, -0.2) is 75.3 Å². The highest BCUT2D eigenvalue weighted by atomic mass is 32.2. The van der Waals surface area contributed by atoms with Gasteiger partial charge in [-0.1, -0.05) is 80.9 Å². The second kappa shape index (κ2) is 16.6. The van der Waals surface area contributed by atoms with Gasteiger partial charge in [0.15, 0.2) is 0 Å². The number of nitrogens with zero attached hydrogens (tertiary/aromatic N) is 1. The van der Waals surface area contributed by atoms with E-state index in [-0.39, 0.29) is 29.9 Å². The van der Waals surface area contributed by atoms with Gasteiger partial charge in [0.05, 0.1) is 25.2 Å². The molecule has 1 heterocycles. The summed E-state index contributed by atoms with van der Waals surface area (Å²) in [6, 6.07) is 22.3. The third-order valence-corrected chi connectivity index (χ3v) is 10.0. The van der Waals surface area contributed by atoms with Crippen molar-refractivity contribution < 1.29 is 32.6 Å². The first-order chi connectivity index (χ1) is 22.1. The number of nitrogens with one attached hydrogen (secondary N) is 2. The number of alkyl carbamates (subject to hydrolysis) is 1. The van der Waals surface area contributed by atoms with Crippen molar-refractivity contribution in [3.05, 3.63) is 95.6 Å². The molecule has 11 heteroatoms. The molecular weight excluding hydrogens is 606 g/mol. The molecular formula is C35H45N3O7S. The van der Waals surface area contributed by atoms with Crippen LogP contribution in [0.1, 0.15) is 55.7 Å². The molecule has 4 rings (SSSR count). The van der Waals surface area contributed by atoms with Crippen molar-refractivity contribution in [3.8, 4) is 5.75 Å². The van der Waals surface area contributed by atoms with E-state index in [1.807, 2.05) is 74.5 Å². The molecule has 0 unspecified atom stereocenters. The Hall–Kier alpha value is -3.93. The fraction of sp³-hybridized carbons (Fsp3) is 0.429. The minimum atomic E-state index is -3.88. The van der Waals surface area contributed by atoms with Crippen LogP contribution >= 0.6 is 0 Å². The highest BCUT2D eigenvalue weighted by Crippen LogP contribution is 2.31. The predicted octanol–water partition coefficient (Wildman–Crippen LogP) is 4.47. The number of rotatable bonds is 16. The van der Waals surface area contributed by atoms with Crippen LogP contribution in [0.5, 0.6) is 5.75 Å². The van der Waals surface area contributed by atoms with Crippen LogP contribution < -0.4 is 15.4 Å². The number of carbonyl (C=O) groups excluding carboxylic acids is 2. The van der Waals surface area contributed by atoms with Crippen LogP contribution in [0.4, 0.5) is 4.79 Å². The fourth-order valence-electron chi connectivity index (χ4n) is 5.80. The fourth-order valence-corrected chi connectivity index (χ4v) is 7.66. The molecule has 2 amide bonds. The van der Waals surface area contributed by atoms with Gasteiger partial charge >= 0.3 is 6.09 Å². The van der Waals surface area contributed by atoms with Crippen molar-refractivity contribution in [3.63, 3.8) is 0 Å². The lowest BCUT2D eigenvalue weighted by atomic mass is 9.84. The van der Waals surface area contributed by atoms with E-state index in [9.17, 15) is 23.1 Å². The summed E-state index contributed by atoms with van der Waals surface area (Å²) < 4.78 is 39.4. The first-order valence-electron chi connectivity index (χ1n) is 15.8. The number of ether oxygens (including phenoxy) is 2. The van der Waals surface area contributed by atoms with E-state index in [0.717, 1.165) is 16.7 Å². The van der Waals surface area contributed by atoms with Crippen molar-refractivity contribution in [2.45, 2.75) is 62.4 Å². The molecule has 1 aliphatic heterocycles. The molecule has 1 aliphatic rings. The first kappa shape index (κ1) is 34.9. The van der Waals surface area contributed by atoms with Crippen LogP contribution in [0.3, 0.4) is 0 Å². The summed E-state index contributed by atoms with van der Waals surface area (Å²) in [6.07, 6.45) is 1.45. The zero-order chi connectivity index (χ0) is 33.1. The lowest BCUT2D eigenvalue weighted by Gasteiger charge is -2.31. The molecule has 3 aromatic rings. The number of fused-ring (bicyclic) bond motifs is 1. The van der Waals surface area contributed by atoms with E-state index in [1.54, 1.807) is 18.2 Å². The number of benzene rings is 3. The Balaban J connectivity index is 1.43. The van der Waals surface area contributed by atoms with Gasteiger partial charge in [0.25, 0.3) is 0 Å². The number of unbranched alkanes of at least 4 members (excludes halogenated alkanes) is 1. The van der Waals surface area contributed by atoms with Gasteiger partial charge in [0.2, 0.25) is 15.9 Å². The SMILES string of the molecule is COC(=O)N[C@@H](C(=O)NCCCC[C@@H](CO)N(CC(C)C)S(=O)(=O)c1ccc2c(c1)CCO2)C(c1ccccc1)c1ccccc1. The second-order valence-corrected chi connectivity index (χ2v) is 13.8. The molecule has 0 saturated carbocycles. The molecule has 0 fully saturated rings. The van der Waals surface area contributed by atoms with Crippen molar-refractivity contribution in [2.75, 3.05) is 33.4 Å². The van der Waals surface area contributed by atoms with Gasteiger partial charge in [-0.15, -0.1) is 0 Å². The van der Waals surface area contributed by atoms with E-state index in [1.165, 1.54) is 11.4 Å². The average molecular weight is 652 g/mol. The summed E-state index contributed by atoms with van der Waals surface area (Å²) in [5.74, 6) is -0.0902. The van der Waals surface area contributed by atoms with Gasteiger partial charge in [0, 0.05) is 31.5 Å². The normalized spacial score (nSPS) is 14.1. The molecule has 0 saturated heterocycles. The summed E-state index contributed by atoms with van der Waals surface area (Å²) in [5.41, 5.74) is 2.58. The highest BCUT2D eigenvalue weighted by molar-refractivity contribution is 7.89. The molecule has 46 heavy (non-hydrogen) atoms. The quantitative estimate of drug-likeness (QED) is 0.195. The number of carbonyl (C=O) groups is 2. The first-order valence-corrected chi connectivity index (χ1v) is 17.2. The molecule has 0 spiro atoms. The number of sulfonamides is 1. The summed E-state index contributed by atoms with van der Waals surface area (Å²) in [5, 5.41) is 16.0. The molecule has 0 radical (unpaired) electrons. The van der Waals surface area contributed by atoms with E-state index in [0.29, 0.717) is 44.6 Å². The summed E-state index contributed by atoms with van der Waals surface area (Å²) in [4.78, 5) is 26.2. The van der Waals surface area contributed by atoms with Crippen LogP contribution in [0.15, 0.2) is 83.8 Å². The van der Waals surface area contributed by atoms with Crippen molar-refractivity contribution in [2.24, 2.45) is 5.92 Å². The van der Waals surface area contributed by atoms with Crippen LogP contribution in [0.2, 0.25) is 0 Å². The van der Waals surface area contributed by atoms with Crippen LogP contribution in [-0.2, 0) is 26.0 Å². The summed E-state index contributed by atoms with van der Waals surface area (Å²) >= 11 is 0. The Morgan fingerprint density at radius 2 is 1.63 bits per heavy atom. The number of amides is 2. The second-order valence-electron chi connectivity index (χ2n) is 11.9. The zero-order valence-electron chi connectivity index (χ0n) is 26.7. The smallest absolute Gasteiger partial charge is 0.407 e. The molecule has 0 aromatic heterocycles. The van der Waals surface area contributed by atoms with Gasteiger partial charge in [-0.25, -0.2) is 13.2 Å². The Morgan fingerprint density at radius 3 is 2.22 bits per heavy atom. The summed E-state index contributed by atoms with van der Waals surface area (Å²) in [7, 11) is -2.62. The van der Waals surface area contributed by atoms with Gasteiger partial charge in [0.1, 0.15) is 11.8 Å². The van der Waals surface area contributed by atoms with Crippen LogP contribution in [0.25, 0.3) is 0 Å². The van der Waals surface area contributed by atoms with Gasteiger partial charge in [-0.3, -0.25) is 4.79 Å². The minimum absolute atomic E-state index is 0.0438. The predicted molar refractivity (Wildman–Crippen MR) is 176 cm³/mol. The number of aliphatic hydroxyl groups is 1. The Kier molecular flexibility index (Phi) is 12.6. The maximum atomic E-state index is 13.8. The molecule has 0 aliphatic carbocycles. The number of hydrogen-bond acceptors (Lipinski definition) is 7. The Bertz CT molecular complexity index is 1490. The molecule has 0 bridgehead atoms. The molecule has 3 N–H and O–H groups in total. The molecule has 10 nitrogen and oxygen atoms in total. The van der Waals surface area contributed by atoms with Crippen LogP contribution in [0, 0.1) is 5.92 Å². The Morgan fingerprint density at radius 1 is 0.978 bits per heavy atom. The lowest BCUT2D eigenvalue weighted by molar-refractivity contribution is -0.123. The Labute approximate surface area is 272 Å². The largest absolute Gasteiger partial charge is 0.493 e. The third kappa shape index (κ3) is 8.86. The number of hydrogen-bond donors (Lipinski definition) is 3. The van der Waals surface area contributed by atoms with Crippen molar-refractivity contribution in [1.29, 1.82) is 0 Å². The summed E-state index contributed by atoms with van der Waals surface area (Å²) in [6.45, 7) is 4.66. The standard InChI is InChI=1S/C35H45N3O7S/c1-25(2)23-38(46(42,43)30-17-18-31-28(22-30)19-21-45-31)29(24-39)16-10-11-20-36-34(40)33(37-35(41)44-3)32(26-12-6-4-7-13-26)27-14-8-5-9-15-27/h4-9,12-15,17-18,22,25,29,32-33,39H,10-11,16,19-21,23-24H2,1-3H3,(H,36,40)(H,37,41)/t29-,33+/m0/s1. The average Bonchev–Trinajstić information content (AvgIpc) is 3.54. The zero-order valence-corrected chi connectivity index (χ0v) is 27.5. The van der Waals surface area contributed by atoms with E-state index >= 15 is 0 Å².